The molecule has 1 aliphatic rings. The van der Waals surface area contributed by atoms with Gasteiger partial charge in [0.1, 0.15) is 5.76 Å². The molecule has 1 saturated heterocycles. The molecule has 0 saturated carbocycles. The lowest BCUT2D eigenvalue weighted by Crippen LogP contribution is -2.31. The summed E-state index contributed by atoms with van der Waals surface area (Å²) in [7, 11) is 0. The molecule has 1 N–H and O–H groups in total. The van der Waals surface area contributed by atoms with Crippen LogP contribution in [0.3, 0.4) is 0 Å². The van der Waals surface area contributed by atoms with Gasteiger partial charge < -0.3 is 14.3 Å². The number of furan rings is 1. The van der Waals surface area contributed by atoms with E-state index in [1.807, 2.05) is 6.07 Å². The molecule has 1 aromatic rings. The van der Waals surface area contributed by atoms with Crippen LogP contribution < -0.4 is 0 Å². The van der Waals surface area contributed by atoms with Crippen molar-refractivity contribution in [2.75, 3.05) is 32.9 Å². The fraction of sp³-hybridized carbons (Fsp3) is 0.714. The van der Waals surface area contributed by atoms with Gasteiger partial charge in [-0.05, 0) is 31.5 Å². The number of rotatable bonds is 6. The molecular formula is C14H23NO3. The van der Waals surface area contributed by atoms with Gasteiger partial charge in [-0.15, -0.1) is 0 Å². The van der Waals surface area contributed by atoms with Gasteiger partial charge in [0.05, 0.1) is 32.1 Å². The molecule has 1 aliphatic heterocycles. The quantitative estimate of drug-likeness (QED) is 0.790. The van der Waals surface area contributed by atoms with Crippen LogP contribution in [0.25, 0.3) is 0 Å². The number of aliphatic hydroxyl groups is 1. The van der Waals surface area contributed by atoms with E-state index in [1.165, 1.54) is 19.3 Å². The first-order valence-electron chi connectivity index (χ1n) is 6.88. The first kappa shape index (κ1) is 13.6. The zero-order valence-electron chi connectivity index (χ0n) is 10.9. The predicted octanol–water partition coefficient (Wildman–Crippen LogP) is 2.21. The summed E-state index contributed by atoms with van der Waals surface area (Å²) in [6, 6.07) is 4.42. The Hall–Kier alpha value is -0.840. The highest BCUT2D eigenvalue weighted by Crippen LogP contribution is 2.29. The summed E-state index contributed by atoms with van der Waals surface area (Å²) >= 11 is 0. The third-order valence-corrected chi connectivity index (χ3v) is 3.49. The molecule has 1 unspecified atom stereocenters. The lowest BCUT2D eigenvalue weighted by atomic mass is 10.1. The number of aliphatic hydroxyl groups excluding tert-OH is 1. The maximum absolute atomic E-state index is 8.70. The van der Waals surface area contributed by atoms with Gasteiger partial charge in [-0.25, -0.2) is 0 Å². The first-order chi connectivity index (χ1) is 8.92. The van der Waals surface area contributed by atoms with Crippen LogP contribution in [0.4, 0.5) is 0 Å². The SMILES string of the molecule is OCCOCCN1CCCCCC1c1ccco1. The Morgan fingerprint density at radius 3 is 3.06 bits per heavy atom. The number of ether oxygens (including phenoxy) is 1. The minimum absolute atomic E-state index is 0.0988. The molecule has 0 bridgehead atoms. The standard InChI is InChI=1S/C14H23NO3/c16-9-12-17-11-8-15-7-3-1-2-5-13(15)14-6-4-10-18-14/h4,6,10,13,16H,1-3,5,7-9,11-12H2. The third-order valence-electron chi connectivity index (χ3n) is 3.49. The van der Waals surface area contributed by atoms with E-state index in [1.54, 1.807) is 6.26 Å². The van der Waals surface area contributed by atoms with Crippen molar-refractivity contribution in [1.29, 1.82) is 0 Å². The first-order valence-corrected chi connectivity index (χ1v) is 6.88. The van der Waals surface area contributed by atoms with E-state index >= 15 is 0 Å². The second-order valence-corrected chi connectivity index (χ2v) is 4.75. The number of likely N-dealkylation sites (tertiary alicyclic amines) is 1. The van der Waals surface area contributed by atoms with E-state index < -0.39 is 0 Å². The van der Waals surface area contributed by atoms with E-state index in [2.05, 4.69) is 11.0 Å². The molecule has 102 valence electrons. The molecule has 0 aliphatic carbocycles. The molecule has 0 amide bonds. The Labute approximate surface area is 109 Å². The molecule has 1 aromatic heterocycles. The lowest BCUT2D eigenvalue weighted by Gasteiger charge is -2.28. The van der Waals surface area contributed by atoms with Gasteiger partial charge in [-0.2, -0.15) is 0 Å². The summed E-state index contributed by atoms with van der Waals surface area (Å²) in [6.45, 7) is 3.22. The second kappa shape index (κ2) is 7.56. The average molecular weight is 253 g/mol. The minimum atomic E-state index is 0.0988. The van der Waals surface area contributed by atoms with Crippen LogP contribution in [0.1, 0.15) is 37.5 Å². The summed E-state index contributed by atoms with van der Waals surface area (Å²) in [5.74, 6) is 1.07. The molecule has 2 rings (SSSR count). The normalized spacial score (nSPS) is 21.9. The smallest absolute Gasteiger partial charge is 0.120 e. The maximum Gasteiger partial charge on any atom is 0.120 e. The van der Waals surface area contributed by atoms with Crippen LogP contribution in [0, 0.1) is 0 Å². The molecule has 1 fully saturated rings. The molecule has 4 heteroatoms. The molecule has 0 radical (unpaired) electrons. The van der Waals surface area contributed by atoms with Crippen molar-refractivity contribution in [2.45, 2.75) is 31.7 Å². The average Bonchev–Trinajstić information content (AvgIpc) is 2.81. The summed E-state index contributed by atoms with van der Waals surface area (Å²) in [6.07, 6.45) is 6.72. The van der Waals surface area contributed by atoms with Crippen molar-refractivity contribution in [3.8, 4) is 0 Å². The van der Waals surface area contributed by atoms with Crippen LogP contribution in [0.5, 0.6) is 0 Å². The van der Waals surface area contributed by atoms with E-state index in [0.29, 0.717) is 19.3 Å². The van der Waals surface area contributed by atoms with Crippen LogP contribution in [0.15, 0.2) is 22.8 Å². The molecule has 2 heterocycles. The van der Waals surface area contributed by atoms with Crippen LogP contribution in [-0.2, 0) is 4.74 Å². The number of nitrogens with zero attached hydrogens (tertiary/aromatic N) is 1. The van der Waals surface area contributed by atoms with Gasteiger partial charge in [0.25, 0.3) is 0 Å². The second-order valence-electron chi connectivity index (χ2n) is 4.75. The van der Waals surface area contributed by atoms with Crippen molar-refractivity contribution >= 4 is 0 Å². The third kappa shape index (κ3) is 3.83. The van der Waals surface area contributed by atoms with E-state index in [-0.39, 0.29) is 6.61 Å². The Kier molecular flexibility index (Phi) is 5.71. The summed E-state index contributed by atoms with van der Waals surface area (Å²) in [4.78, 5) is 2.45. The molecule has 0 spiro atoms. The molecule has 18 heavy (non-hydrogen) atoms. The van der Waals surface area contributed by atoms with Gasteiger partial charge in [-0.3, -0.25) is 4.90 Å². The Morgan fingerprint density at radius 1 is 1.33 bits per heavy atom. The molecular weight excluding hydrogens is 230 g/mol. The molecule has 4 nitrogen and oxygen atoms in total. The summed E-state index contributed by atoms with van der Waals surface area (Å²) in [5.41, 5.74) is 0. The monoisotopic (exact) mass is 253 g/mol. The largest absolute Gasteiger partial charge is 0.468 e. The fourth-order valence-electron chi connectivity index (χ4n) is 2.59. The lowest BCUT2D eigenvalue weighted by molar-refractivity contribution is 0.0603. The van der Waals surface area contributed by atoms with Crippen LogP contribution in [-0.4, -0.2) is 42.9 Å². The van der Waals surface area contributed by atoms with Gasteiger partial charge in [0, 0.05) is 6.54 Å². The van der Waals surface area contributed by atoms with Gasteiger partial charge in [0.2, 0.25) is 0 Å². The van der Waals surface area contributed by atoms with E-state index in [0.717, 1.165) is 25.3 Å². The fourth-order valence-corrected chi connectivity index (χ4v) is 2.59. The molecule has 1 atom stereocenters. The minimum Gasteiger partial charge on any atom is -0.468 e. The zero-order valence-corrected chi connectivity index (χ0v) is 10.9. The topological polar surface area (TPSA) is 45.8 Å². The van der Waals surface area contributed by atoms with E-state index in [4.69, 9.17) is 14.3 Å². The molecule has 0 aromatic carbocycles. The Bertz CT molecular complexity index is 313. The highest BCUT2D eigenvalue weighted by molar-refractivity contribution is 5.05. The van der Waals surface area contributed by atoms with Crippen LogP contribution in [0.2, 0.25) is 0 Å². The predicted molar refractivity (Wildman–Crippen MR) is 69.4 cm³/mol. The van der Waals surface area contributed by atoms with Gasteiger partial charge >= 0.3 is 0 Å². The maximum atomic E-state index is 8.70. The Morgan fingerprint density at radius 2 is 2.28 bits per heavy atom. The number of hydrogen-bond donors (Lipinski definition) is 1. The highest BCUT2D eigenvalue weighted by Gasteiger charge is 2.24. The zero-order chi connectivity index (χ0) is 12.6. The van der Waals surface area contributed by atoms with Gasteiger partial charge in [-0.1, -0.05) is 12.8 Å². The summed E-state index contributed by atoms with van der Waals surface area (Å²) in [5, 5.41) is 8.70. The highest BCUT2D eigenvalue weighted by atomic mass is 16.5. The van der Waals surface area contributed by atoms with E-state index in [9.17, 15) is 0 Å². The van der Waals surface area contributed by atoms with Crippen molar-refractivity contribution in [3.63, 3.8) is 0 Å². The van der Waals surface area contributed by atoms with Crippen molar-refractivity contribution in [2.24, 2.45) is 0 Å². The van der Waals surface area contributed by atoms with Crippen molar-refractivity contribution in [1.82, 2.24) is 4.90 Å². The van der Waals surface area contributed by atoms with Gasteiger partial charge in [0.15, 0.2) is 0 Å². The van der Waals surface area contributed by atoms with Crippen molar-refractivity contribution < 1.29 is 14.3 Å². The Balaban J connectivity index is 1.90. The van der Waals surface area contributed by atoms with Crippen molar-refractivity contribution in [3.05, 3.63) is 24.2 Å². The van der Waals surface area contributed by atoms with Crippen LogP contribution >= 0.6 is 0 Å². The summed E-state index contributed by atoms with van der Waals surface area (Å²) < 4.78 is 10.9. The number of hydrogen-bond acceptors (Lipinski definition) is 4.